The van der Waals surface area contributed by atoms with E-state index < -0.39 is 0 Å². The van der Waals surface area contributed by atoms with Crippen LogP contribution >= 0.6 is 35.0 Å². The first-order valence-corrected chi connectivity index (χ1v) is 12.5. The number of rotatable bonds is 6. The molecular weight excluding hydrogens is 457 g/mol. The number of carbonyl (C=O) groups excluding carboxylic acids is 2. The number of amidine groups is 1. The summed E-state index contributed by atoms with van der Waals surface area (Å²) in [6.07, 6.45) is 3.01. The first-order chi connectivity index (χ1) is 15.0. The summed E-state index contributed by atoms with van der Waals surface area (Å²) in [6, 6.07) is 7.47. The molecule has 7 nitrogen and oxygen atoms in total. The van der Waals surface area contributed by atoms with Gasteiger partial charge in [-0.25, -0.2) is 0 Å². The van der Waals surface area contributed by atoms with Gasteiger partial charge in [0.2, 0.25) is 11.8 Å². The standard InChI is InChI=1S/C21H27Cl2N5O2S/c1-2-9-27-19(30)16-10-15(23)7-8-17(16)28-20(27)25-26-21(28)31-12-18(29)24-11-13-3-5-14(22)6-4-13/h3-6,15-17,20,25H,2,7-12H2,1H3,(H,24,29). The molecule has 2 heterocycles. The summed E-state index contributed by atoms with van der Waals surface area (Å²) < 4.78 is 0. The Labute approximate surface area is 196 Å². The van der Waals surface area contributed by atoms with Crippen LogP contribution < -0.4 is 10.7 Å². The zero-order chi connectivity index (χ0) is 22.0. The first kappa shape index (κ1) is 22.6. The van der Waals surface area contributed by atoms with E-state index in [9.17, 15) is 9.59 Å². The highest BCUT2D eigenvalue weighted by molar-refractivity contribution is 8.14. The Morgan fingerprint density at radius 1 is 1.32 bits per heavy atom. The molecule has 0 aromatic heterocycles. The van der Waals surface area contributed by atoms with Crippen LogP contribution in [0.3, 0.4) is 0 Å². The molecule has 2 fully saturated rings. The maximum absolute atomic E-state index is 13.1. The lowest BCUT2D eigenvalue weighted by molar-refractivity contribution is -0.155. The molecule has 0 bridgehead atoms. The maximum Gasteiger partial charge on any atom is 0.230 e. The van der Waals surface area contributed by atoms with Crippen molar-refractivity contribution in [2.75, 3.05) is 12.3 Å². The van der Waals surface area contributed by atoms with Crippen molar-refractivity contribution in [1.82, 2.24) is 20.5 Å². The Balaban J connectivity index is 1.38. The molecule has 2 aliphatic heterocycles. The molecule has 1 saturated heterocycles. The third-order valence-electron chi connectivity index (χ3n) is 5.96. The summed E-state index contributed by atoms with van der Waals surface area (Å²) in [7, 11) is 0. The largest absolute Gasteiger partial charge is 0.351 e. The van der Waals surface area contributed by atoms with Crippen molar-refractivity contribution >= 4 is 51.9 Å². The van der Waals surface area contributed by atoms with Crippen LogP contribution in [0.4, 0.5) is 0 Å². The van der Waals surface area contributed by atoms with E-state index >= 15 is 0 Å². The number of thioether (sulfide) groups is 1. The molecule has 1 aromatic carbocycles. The predicted molar refractivity (Wildman–Crippen MR) is 125 cm³/mol. The molecule has 4 unspecified atom stereocenters. The van der Waals surface area contributed by atoms with Crippen LogP contribution in [-0.2, 0) is 16.1 Å². The highest BCUT2D eigenvalue weighted by Gasteiger charge is 2.51. The molecular formula is C21H27Cl2N5O2S. The molecule has 2 N–H and O–H groups in total. The summed E-state index contributed by atoms with van der Waals surface area (Å²) in [5, 5.41) is 8.90. The van der Waals surface area contributed by atoms with Crippen LogP contribution in [0.15, 0.2) is 29.4 Å². The van der Waals surface area contributed by atoms with Crippen LogP contribution in [-0.4, -0.2) is 56.8 Å². The number of carbonyl (C=O) groups is 2. The van der Waals surface area contributed by atoms with Gasteiger partial charge >= 0.3 is 0 Å². The van der Waals surface area contributed by atoms with Gasteiger partial charge in [-0.15, -0.1) is 11.6 Å². The number of amides is 2. The number of benzene rings is 1. The molecule has 1 saturated carbocycles. The lowest BCUT2D eigenvalue weighted by atomic mass is 9.81. The van der Waals surface area contributed by atoms with Crippen LogP contribution in [0.25, 0.3) is 0 Å². The second-order valence-electron chi connectivity index (χ2n) is 8.11. The van der Waals surface area contributed by atoms with Crippen LogP contribution in [0.2, 0.25) is 5.02 Å². The van der Waals surface area contributed by atoms with Gasteiger partial charge in [0.15, 0.2) is 11.5 Å². The minimum Gasteiger partial charge on any atom is -0.351 e. The smallest absolute Gasteiger partial charge is 0.230 e. The molecule has 1 aromatic rings. The Kier molecular flexibility index (Phi) is 7.19. The van der Waals surface area contributed by atoms with Crippen LogP contribution in [0.1, 0.15) is 38.2 Å². The zero-order valence-electron chi connectivity index (χ0n) is 17.4. The highest BCUT2D eigenvalue weighted by Crippen LogP contribution is 2.40. The van der Waals surface area contributed by atoms with E-state index in [1.807, 2.05) is 29.2 Å². The molecule has 31 heavy (non-hydrogen) atoms. The lowest BCUT2D eigenvalue weighted by Crippen LogP contribution is -2.67. The lowest BCUT2D eigenvalue weighted by Gasteiger charge is -2.51. The average molecular weight is 484 g/mol. The van der Waals surface area contributed by atoms with Gasteiger partial charge in [-0.2, -0.15) is 5.10 Å². The fraction of sp³-hybridized carbons (Fsp3) is 0.571. The van der Waals surface area contributed by atoms with Crippen LogP contribution in [0.5, 0.6) is 0 Å². The number of nitrogens with one attached hydrogen (secondary N) is 2. The molecule has 3 aliphatic rings. The number of alkyl halides is 1. The molecule has 2 amide bonds. The zero-order valence-corrected chi connectivity index (χ0v) is 19.7. The van der Waals surface area contributed by atoms with Crippen molar-refractivity contribution in [3.05, 3.63) is 34.9 Å². The summed E-state index contributed by atoms with van der Waals surface area (Å²) in [5.74, 6) is 0.233. The fourth-order valence-electron chi connectivity index (χ4n) is 4.48. The van der Waals surface area contributed by atoms with Gasteiger partial charge in [0.05, 0.1) is 11.7 Å². The van der Waals surface area contributed by atoms with E-state index in [0.29, 0.717) is 24.5 Å². The third-order valence-corrected chi connectivity index (χ3v) is 7.58. The number of hydrogen-bond donors (Lipinski definition) is 2. The van der Waals surface area contributed by atoms with E-state index in [-0.39, 0.29) is 41.2 Å². The van der Waals surface area contributed by atoms with Crippen LogP contribution in [0, 0.1) is 5.92 Å². The van der Waals surface area contributed by atoms with Crippen molar-refractivity contribution in [2.24, 2.45) is 11.0 Å². The monoisotopic (exact) mass is 483 g/mol. The summed E-state index contributed by atoms with van der Waals surface area (Å²) in [5.41, 5.74) is 4.12. The van der Waals surface area contributed by atoms with E-state index in [2.05, 4.69) is 27.7 Å². The van der Waals surface area contributed by atoms with Crippen molar-refractivity contribution in [2.45, 2.75) is 56.9 Å². The second kappa shape index (κ2) is 9.88. The Hall–Kier alpha value is -1.64. The normalized spacial score (nSPS) is 27.3. The predicted octanol–water partition coefficient (Wildman–Crippen LogP) is 3.18. The third kappa shape index (κ3) is 4.91. The number of hydrazone groups is 1. The minimum atomic E-state index is -0.278. The van der Waals surface area contributed by atoms with Gasteiger partial charge in [-0.3, -0.25) is 15.0 Å². The Bertz CT molecular complexity index is 853. The van der Waals surface area contributed by atoms with Crippen molar-refractivity contribution in [1.29, 1.82) is 0 Å². The number of halogens is 2. The molecule has 4 rings (SSSR count). The van der Waals surface area contributed by atoms with Gasteiger partial charge in [-0.05, 0) is 43.4 Å². The second-order valence-corrected chi connectivity index (χ2v) is 10.1. The minimum absolute atomic E-state index is 0.0347. The highest BCUT2D eigenvalue weighted by atomic mass is 35.5. The summed E-state index contributed by atoms with van der Waals surface area (Å²) >= 11 is 13.7. The van der Waals surface area contributed by atoms with Crippen molar-refractivity contribution < 1.29 is 9.59 Å². The van der Waals surface area contributed by atoms with Gasteiger partial charge in [0, 0.05) is 29.5 Å². The quantitative estimate of drug-likeness (QED) is 0.607. The molecule has 168 valence electrons. The summed E-state index contributed by atoms with van der Waals surface area (Å²) in [6.45, 7) is 3.18. The van der Waals surface area contributed by atoms with Crippen molar-refractivity contribution in [3.63, 3.8) is 0 Å². The van der Waals surface area contributed by atoms with Gasteiger partial charge in [-0.1, -0.05) is 42.4 Å². The van der Waals surface area contributed by atoms with E-state index in [1.54, 1.807) is 0 Å². The average Bonchev–Trinajstić information content (AvgIpc) is 3.18. The Morgan fingerprint density at radius 2 is 2.10 bits per heavy atom. The summed E-state index contributed by atoms with van der Waals surface area (Å²) in [4.78, 5) is 29.6. The van der Waals surface area contributed by atoms with E-state index in [1.165, 1.54) is 11.8 Å². The molecule has 4 atom stereocenters. The number of nitrogens with zero attached hydrogens (tertiary/aromatic N) is 3. The topological polar surface area (TPSA) is 77.0 Å². The molecule has 1 aliphatic carbocycles. The Morgan fingerprint density at radius 3 is 2.84 bits per heavy atom. The molecule has 0 spiro atoms. The number of hydrogen-bond acceptors (Lipinski definition) is 6. The van der Waals surface area contributed by atoms with E-state index in [0.717, 1.165) is 30.0 Å². The van der Waals surface area contributed by atoms with Crippen molar-refractivity contribution in [3.8, 4) is 0 Å². The molecule has 0 radical (unpaired) electrons. The van der Waals surface area contributed by atoms with Gasteiger partial charge in [0.25, 0.3) is 0 Å². The SMILES string of the molecule is CCCN1C(=O)C2CC(Cl)CCC2N2C(SCC(=O)NCc3ccc(Cl)cc3)=NNC12. The van der Waals surface area contributed by atoms with Gasteiger partial charge < -0.3 is 15.1 Å². The first-order valence-electron chi connectivity index (χ1n) is 10.7. The van der Waals surface area contributed by atoms with E-state index in [4.69, 9.17) is 23.2 Å². The fourth-order valence-corrected chi connectivity index (χ4v) is 5.79. The molecule has 10 heteroatoms. The van der Waals surface area contributed by atoms with Gasteiger partial charge in [0.1, 0.15) is 0 Å². The maximum atomic E-state index is 13.1. The number of fused-ring (bicyclic) bond motifs is 3.